The van der Waals surface area contributed by atoms with E-state index in [-0.39, 0.29) is 41.1 Å². The van der Waals surface area contributed by atoms with Crippen molar-refractivity contribution in [2.45, 2.75) is 62.8 Å². The minimum atomic E-state index is -4.35. The molecule has 9 heteroatoms. The number of halogens is 3. The number of sulfone groups is 1. The standard InChI is InChI=1S/C30H33F3N2O3S/c1-4-39(37,38)27-15-5-21(6-16-27)18-34-29(36)24-9-7-23(8-10-24)28-17-25(19-35(28)20(2)3)22-11-13-26(14-12-22)30(31,32)33/h5-16,20,25,28H,4,17-19H2,1-3H3,(H,34,36). The first kappa shape index (κ1) is 28.8. The van der Waals surface area contributed by atoms with Crippen molar-refractivity contribution in [3.05, 3.63) is 101 Å². The first-order valence-corrected chi connectivity index (χ1v) is 14.7. The maximum Gasteiger partial charge on any atom is 0.416 e. The molecule has 5 nitrogen and oxygen atoms in total. The van der Waals surface area contributed by atoms with Gasteiger partial charge in [-0.15, -0.1) is 0 Å². The van der Waals surface area contributed by atoms with Crippen molar-refractivity contribution in [2.24, 2.45) is 0 Å². The van der Waals surface area contributed by atoms with E-state index in [0.717, 1.165) is 41.8 Å². The molecule has 0 spiro atoms. The molecule has 0 bridgehead atoms. The highest BCUT2D eigenvalue weighted by molar-refractivity contribution is 7.91. The lowest BCUT2D eigenvalue weighted by Crippen LogP contribution is -2.30. The highest BCUT2D eigenvalue weighted by Gasteiger charge is 2.36. The Balaban J connectivity index is 1.41. The molecule has 1 heterocycles. The van der Waals surface area contributed by atoms with Crippen LogP contribution in [0.5, 0.6) is 0 Å². The third-order valence-corrected chi connectivity index (χ3v) is 9.14. The number of rotatable bonds is 8. The van der Waals surface area contributed by atoms with E-state index in [1.54, 1.807) is 55.5 Å². The Morgan fingerprint density at radius 2 is 1.54 bits per heavy atom. The van der Waals surface area contributed by atoms with E-state index in [9.17, 15) is 26.4 Å². The zero-order valence-corrected chi connectivity index (χ0v) is 23.0. The Morgan fingerprint density at radius 1 is 0.949 bits per heavy atom. The number of amides is 1. The van der Waals surface area contributed by atoms with Crippen LogP contribution in [0.3, 0.4) is 0 Å². The molecular formula is C30H33F3N2O3S. The Kier molecular flexibility index (Phi) is 8.51. The summed E-state index contributed by atoms with van der Waals surface area (Å²) in [6.07, 6.45) is -3.57. The van der Waals surface area contributed by atoms with Crippen LogP contribution in [0.15, 0.2) is 77.7 Å². The molecule has 2 unspecified atom stereocenters. The van der Waals surface area contributed by atoms with Crippen molar-refractivity contribution >= 4 is 15.7 Å². The Morgan fingerprint density at radius 3 is 2.08 bits per heavy atom. The van der Waals surface area contributed by atoms with Crippen LogP contribution in [-0.4, -0.2) is 37.6 Å². The van der Waals surface area contributed by atoms with Crippen molar-refractivity contribution in [1.82, 2.24) is 10.2 Å². The molecule has 0 saturated carbocycles. The molecule has 208 valence electrons. The van der Waals surface area contributed by atoms with E-state index in [4.69, 9.17) is 0 Å². The lowest BCUT2D eigenvalue weighted by molar-refractivity contribution is -0.137. The Hall–Kier alpha value is -3.17. The van der Waals surface area contributed by atoms with E-state index in [1.807, 2.05) is 12.1 Å². The van der Waals surface area contributed by atoms with Gasteiger partial charge in [0.25, 0.3) is 5.91 Å². The van der Waals surface area contributed by atoms with Crippen LogP contribution >= 0.6 is 0 Å². The fraction of sp³-hybridized carbons (Fsp3) is 0.367. The molecule has 1 aliphatic rings. The van der Waals surface area contributed by atoms with Gasteiger partial charge in [0.05, 0.1) is 16.2 Å². The minimum absolute atomic E-state index is 0.0323. The molecule has 1 fully saturated rings. The van der Waals surface area contributed by atoms with Gasteiger partial charge in [-0.25, -0.2) is 8.42 Å². The lowest BCUT2D eigenvalue weighted by atomic mass is 9.93. The SMILES string of the molecule is CCS(=O)(=O)c1ccc(CNC(=O)c2ccc(C3CC(c4ccc(C(F)(F)F)cc4)CN3C(C)C)cc2)cc1. The Labute approximate surface area is 228 Å². The fourth-order valence-electron chi connectivity index (χ4n) is 5.07. The second-order valence-corrected chi connectivity index (χ2v) is 12.5. The topological polar surface area (TPSA) is 66.5 Å². The summed E-state index contributed by atoms with van der Waals surface area (Å²) in [6, 6.07) is 19.7. The number of likely N-dealkylation sites (tertiary alicyclic amines) is 1. The average molecular weight is 559 g/mol. The quantitative estimate of drug-likeness (QED) is 0.349. The number of nitrogens with one attached hydrogen (secondary N) is 1. The summed E-state index contributed by atoms with van der Waals surface area (Å²) in [4.78, 5) is 15.3. The van der Waals surface area contributed by atoms with E-state index in [2.05, 4.69) is 24.1 Å². The van der Waals surface area contributed by atoms with Gasteiger partial charge in [-0.1, -0.05) is 43.3 Å². The van der Waals surface area contributed by atoms with Crippen LogP contribution in [0.25, 0.3) is 0 Å². The number of carbonyl (C=O) groups is 1. The monoisotopic (exact) mass is 558 g/mol. The molecule has 1 amide bonds. The van der Waals surface area contributed by atoms with Gasteiger partial charge in [0.2, 0.25) is 0 Å². The van der Waals surface area contributed by atoms with Crippen LogP contribution < -0.4 is 5.32 Å². The zero-order valence-electron chi connectivity index (χ0n) is 22.2. The predicted molar refractivity (Wildman–Crippen MR) is 145 cm³/mol. The molecule has 1 saturated heterocycles. The predicted octanol–water partition coefficient (Wildman–Crippen LogP) is 6.37. The van der Waals surface area contributed by atoms with Gasteiger partial charge < -0.3 is 5.32 Å². The van der Waals surface area contributed by atoms with Gasteiger partial charge in [0, 0.05) is 30.7 Å². The van der Waals surface area contributed by atoms with E-state index < -0.39 is 21.6 Å². The summed E-state index contributed by atoms with van der Waals surface area (Å²) in [5.74, 6) is -0.0900. The molecule has 0 aliphatic carbocycles. The normalized spacial score (nSPS) is 18.4. The summed E-state index contributed by atoms with van der Waals surface area (Å²) >= 11 is 0. The number of hydrogen-bond acceptors (Lipinski definition) is 4. The van der Waals surface area contributed by atoms with Crippen molar-refractivity contribution < 1.29 is 26.4 Å². The van der Waals surface area contributed by atoms with Crippen molar-refractivity contribution in [3.63, 3.8) is 0 Å². The van der Waals surface area contributed by atoms with Crippen molar-refractivity contribution in [1.29, 1.82) is 0 Å². The van der Waals surface area contributed by atoms with Crippen molar-refractivity contribution in [2.75, 3.05) is 12.3 Å². The Bertz CT molecular complexity index is 1390. The summed E-state index contributed by atoms with van der Waals surface area (Å²) in [5, 5.41) is 2.87. The van der Waals surface area contributed by atoms with Gasteiger partial charge in [0.15, 0.2) is 9.84 Å². The molecule has 39 heavy (non-hydrogen) atoms. The number of nitrogens with zero attached hydrogens (tertiary/aromatic N) is 1. The molecule has 0 aromatic heterocycles. The van der Waals surface area contributed by atoms with Crippen LogP contribution in [0, 0.1) is 0 Å². The summed E-state index contributed by atoms with van der Waals surface area (Å²) in [7, 11) is -3.27. The number of alkyl halides is 3. The maximum atomic E-state index is 13.0. The van der Waals surface area contributed by atoms with Crippen LogP contribution in [-0.2, 0) is 22.6 Å². The molecule has 3 aromatic rings. The van der Waals surface area contributed by atoms with Crippen LogP contribution in [0.4, 0.5) is 13.2 Å². The molecule has 1 N–H and O–H groups in total. The van der Waals surface area contributed by atoms with Gasteiger partial charge in [-0.3, -0.25) is 9.69 Å². The van der Waals surface area contributed by atoms with Gasteiger partial charge >= 0.3 is 6.18 Å². The number of benzene rings is 3. The number of carbonyl (C=O) groups excluding carboxylic acids is 1. The first-order chi connectivity index (χ1) is 18.4. The summed E-state index contributed by atoms with van der Waals surface area (Å²) < 4.78 is 62.9. The lowest BCUT2D eigenvalue weighted by Gasteiger charge is -2.28. The van der Waals surface area contributed by atoms with Gasteiger partial charge in [0.1, 0.15) is 0 Å². The first-order valence-electron chi connectivity index (χ1n) is 13.0. The average Bonchev–Trinajstić information content (AvgIpc) is 3.38. The largest absolute Gasteiger partial charge is 0.416 e. The van der Waals surface area contributed by atoms with Gasteiger partial charge in [-0.2, -0.15) is 13.2 Å². The third-order valence-electron chi connectivity index (χ3n) is 7.39. The molecular weight excluding hydrogens is 525 g/mol. The van der Waals surface area contributed by atoms with Gasteiger partial charge in [-0.05, 0) is 79.3 Å². The smallest absolute Gasteiger partial charge is 0.348 e. The number of hydrogen-bond donors (Lipinski definition) is 1. The highest BCUT2D eigenvalue weighted by Crippen LogP contribution is 2.42. The summed E-state index contributed by atoms with van der Waals surface area (Å²) in [5.41, 5.74) is 2.62. The maximum absolute atomic E-state index is 13.0. The second-order valence-electron chi connectivity index (χ2n) is 10.2. The van der Waals surface area contributed by atoms with Crippen LogP contribution in [0.1, 0.15) is 71.8 Å². The van der Waals surface area contributed by atoms with E-state index >= 15 is 0 Å². The van der Waals surface area contributed by atoms with E-state index in [0.29, 0.717) is 5.56 Å². The molecule has 4 rings (SSSR count). The minimum Gasteiger partial charge on any atom is -0.348 e. The zero-order chi connectivity index (χ0) is 28.4. The summed E-state index contributed by atoms with van der Waals surface area (Å²) in [6.45, 7) is 6.82. The molecule has 3 aromatic carbocycles. The molecule has 2 atom stereocenters. The van der Waals surface area contributed by atoms with Crippen LogP contribution in [0.2, 0.25) is 0 Å². The van der Waals surface area contributed by atoms with Crippen molar-refractivity contribution in [3.8, 4) is 0 Å². The third kappa shape index (κ3) is 6.70. The fourth-order valence-corrected chi connectivity index (χ4v) is 5.95. The highest BCUT2D eigenvalue weighted by atomic mass is 32.2. The van der Waals surface area contributed by atoms with E-state index in [1.165, 1.54) is 0 Å². The second kappa shape index (κ2) is 11.5. The molecule has 1 aliphatic heterocycles. The molecule has 0 radical (unpaired) electrons.